The topological polar surface area (TPSA) is 111 Å². The van der Waals surface area contributed by atoms with Gasteiger partial charge in [-0.3, -0.25) is 0 Å². The first-order chi connectivity index (χ1) is 9.81. The Kier molecular flexibility index (Phi) is 5.51. The van der Waals surface area contributed by atoms with Gasteiger partial charge in [0.05, 0.1) is 19.5 Å². The van der Waals surface area contributed by atoms with Gasteiger partial charge >= 0.3 is 0 Å². The molecule has 0 aromatic carbocycles. The van der Waals surface area contributed by atoms with Gasteiger partial charge in [0.25, 0.3) is 0 Å². The van der Waals surface area contributed by atoms with Gasteiger partial charge in [0.1, 0.15) is 5.52 Å². The van der Waals surface area contributed by atoms with E-state index in [1.807, 2.05) is 0 Å². The van der Waals surface area contributed by atoms with E-state index in [0.29, 0.717) is 24.7 Å². The van der Waals surface area contributed by atoms with E-state index in [1.54, 1.807) is 13.4 Å². The van der Waals surface area contributed by atoms with Gasteiger partial charge in [0, 0.05) is 20.3 Å². The molecule has 2 aromatic rings. The second-order valence-corrected chi connectivity index (χ2v) is 4.27. The minimum Gasteiger partial charge on any atom is -0.382 e. The quantitative estimate of drug-likeness (QED) is 0.582. The molecule has 110 valence electrons. The zero-order valence-electron chi connectivity index (χ0n) is 11.6. The minimum absolute atomic E-state index is 0.218. The maximum absolute atomic E-state index is 5.63. The summed E-state index contributed by atoms with van der Waals surface area (Å²) in [6, 6.07) is 0. The van der Waals surface area contributed by atoms with Crippen LogP contribution in [0.15, 0.2) is 6.33 Å². The Morgan fingerprint density at radius 3 is 3.00 bits per heavy atom. The molecule has 0 spiro atoms. The highest BCUT2D eigenvalue weighted by Crippen LogP contribution is 2.17. The van der Waals surface area contributed by atoms with Crippen molar-refractivity contribution in [1.29, 1.82) is 0 Å². The van der Waals surface area contributed by atoms with Crippen molar-refractivity contribution >= 4 is 22.9 Å². The van der Waals surface area contributed by atoms with Crippen LogP contribution in [0.3, 0.4) is 0 Å². The van der Waals surface area contributed by atoms with Crippen molar-refractivity contribution in [2.45, 2.75) is 12.8 Å². The number of methoxy groups -OCH3 is 1. The van der Waals surface area contributed by atoms with Gasteiger partial charge in [-0.25, -0.2) is 4.98 Å². The predicted octanol–water partition coefficient (Wildman–Crippen LogP) is 0.790. The van der Waals surface area contributed by atoms with Crippen LogP contribution in [0.1, 0.15) is 12.8 Å². The summed E-state index contributed by atoms with van der Waals surface area (Å²) in [4.78, 5) is 15.3. The lowest BCUT2D eigenvalue weighted by Gasteiger charge is -2.07. The number of anilines is 2. The Labute approximate surface area is 117 Å². The zero-order chi connectivity index (χ0) is 14.2. The Balaban J connectivity index is 1.72. The largest absolute Gasteiger partial charge is 0.382 e. The smallest absolute Gasteiger partial charge is 0.224 e. The van der Waals surface area contributed by atoms with Crippen LogP contribution in [0.4, 0.5) is 11.8 Å². The molecule has 20 heavy (non-hydrogen) atoms. The number of nitrogens with two attached hydrogens (primary N) is 1. The van der Waals surface area contributed by atoms with Crippen molar-refractivity contribution in [3.05, 3.63) is 6.33 Å². The fourth-order valence-corrected chi connectivity index (χ4v) is 1.76. The molecule has 0 aliphatic carbocycles. The lowest BCUT2D eigenvalue weighted by atomic mass is 10.3. The van der Waals surface area contributed by atoms with E-state index >= 15 is 0 Å². The van der Waals surface area contributed by atoms with E-state index in [-0.39, 0.29) is 5.95 Å². The summed E-state index contributed by atoms with van der Waals surface area (Å²) >= 11 is 0. The molecular formula is C12H20N6O2. The molecule has 0 saturated carbocycles. The second kappa shape index (κ2) is 7.61. The number of fused-ring (bicyclic) bond motifs is 1. The normalized spacial score (nSPS) is 11.1. The van der Waals surface area contributed by atoms with Gasteiger partial charge in [-0.2, -0.15) is 9.97 Å². The number of nitrogens with zero attached hydrogens (tertiary/aromatic N) is 3. The first-order valence-electron chi connectivity index (χ1n) is 6.58. The highest BCUT2D eigenvalue weighted by molar-refractivity contribution is 5.83. The number of rotatable bonds is 9. The summed E-state index contributed by atoms with van der Waals surface area (Å²) in [5.41, 5.74) is 6.98. The summed E-state index contributed by atoms with van der Waals surface area (Å²) in [5.74, 6) is 0.903. The molecule has 0 aliphatic heterocycles. The third-order valence-corrected chi connectivity index (χ3v) is 2.74. The maximum atomic E-state index is 5.63. The lowest BCUT2D eigenvalue weighted by Crippen LogP contribution is -2.08. The van der Waals surface area contributed by atoms with Gasteiger partial charge < -0.3 is 25.5 Å². The van der Waals surface area contributed by atoms with Crippen molar-refractivity contribution in [3.63, 3.8) is 0 Å². The molecule has 0 radical (unpaired) electrons. The average Bonchev–Trinajstić information content (AvgIpc) is 2.89. The Bertz CT molecular complexity index is 530. The van der Waals surface area contributed by atoms with Crippen molar-refractivity contribution in [3.8, 4) is 0 Å². The average molecular weight is 280 g/mol. The molecule has 8 nitrogen and oxygen atoms in total. The lowest BCUT2D eigenvalue weighted by molar-refractivity contribution is 0.0691. The van der Waals surface area contributed by atoms with E-state index in [4.69, 9.17) is 15.2 Å². The number of hydrogen-bond acceptors (Lipinski definition) is 7. The number of hydrogen-bond donors (Lipinski definition) is 3. The van der Waals surface area contributed by atoms with E-state index in [1.165, 1.54) is 0 Å². The molecule has 8 heteroatoms. The third kappa shape index (κ3) is 4.04. The number of nitrogen functional groups attached to an aromatic ring is 1. The van der Waals surface area contributed by atoms with Crippen LogP contribution in [0.2, 0.25) is 0 Å². The van der Waals surface area contributed by atoms with Gasteiger partial charge in [-0.1, -0.05) is 0 Å². The summed E-state index contributed by atoms with van der Waals surface area (Å²) < 4.78 is 10.3. The highest BCUT2D eigenvalue weighted by atomic mass is 16.5. The van der Waals surface area contributed by atoms with Gasteiger partial charge in [0.15, 0.2) is 11.5 Å². The van der Waals surface area contributed by atoms with E-state index in [0.717, 1.165) is 31.5 Å². The monoisotopic (exact) mass is 280 g/mol. The van der Waals surface area contributed by atoms with Crippen molar-refractivity contribution in [1.82, 2.24) is 19.9 Å². The number of unbranched alkanes of at least 4 members (excludes halogenated alkanes) is 1. The molecule has 2 aromatic heterocycles. The maximum Gasteiger partial charge on any atom is 0.224 e. The number of ether oxygens (including phenoxy) is 2. The molecule has 0 bridgehead atoms. The highest BCUT2D eigenvalue weighted by Gasteiger charge is 2.07. The molecule has 2 rings (SSSR count). The Morgan fingerprint density at radius 1 is 1.25 bits per heavy atom. The van der Waals surface area contributed by atoms with Crippen LogP contribution in [0, 0.1) is 0 Å². The fraction of sp³-hybridized carbons (Fsp3) is 0.583. The van der Waals surface area contributed by atoms with Crippen LogP contribution in [-0.2, 0) is 9.47 Å². The summed E-state index contributed by atoms with van der Waals surface area (Å²) in [6.45, 7) is 2.80. The van der Waals surface area contributed by atoms with E-state index in [2.05, 4.69) is 25.3 Å². The standard InChI is InChI=1S/C12H20N6O2/c1-19-6-7-20-5-3-2-4-14-10-9-11(16-8-15-9)18-12(13)17-10/h8H,2-7H2,1H3,(H4,13,14,15,16,17,18). The molecule has 0 saturated heterocycles. The first-order valence-corrected chi connectivity index (χ1v) is 6.58. The first kappa shape index (κ1) is 14.5. The van der Waals surface area contributed by atoms with Crippen molar-refractivity contribution in [2.75, 3.05) is 44.5 Å². The second-order valence-electron chi connectivity index (χ2n) is 4.27. The molecule has 4 N–H and O–H groups in total. The minimum atomic E-state index is 0.218. The molecule has 2 heterocycles. The Morgan fingerprint density at radius 2 is 2.15 bits per heavy atom. The zero-order valence-corrected chi connectivity index (χ0v) is 11.6. The van der Waals surface area contributed by atoms with E-state index < -0.39 is 0 Å². The van der Waals surface area contributed by atoms with Crippen LogP contribution >= 0.6 is 0 Å². The number of aromatic nitrogens is 4. The summed E-state index contributed by atoms with van der Waals surface area (Å²) in [7, 11) is 1.66. The summed E-state index contributed by atoms with van der Waals surface area (Å²) in [5, 5.41) is 3.23. The van der Waals surface area contributed by atoms with Crippen molar-refractivity contribution in [2.24, 2.45) is 0 Å². The van der Waals surface area contributed by atoms with Crippen molar-refractivity contribution < 1.29 is 9.47 Å². The Hall–Kier alpha value is -1.93. The van der Waals surface area contributed by atoms with Crippen LogP contribution < -0.4 is 11.1 Å². The number of H-pyrrole nitrogens is 1. The van der Waals surface area contributed by atoms with E-state index in [9.17, 15) is 0 Å². The number of nitrogens with one attached hydrogen (secondary N) is 2. The molecule has 0 amide bonds. The van der Waals surface area contributed by atoms with Gasteiger partial charge in [-0.15, -0.1) is 0 Å². The van der Waals surface area contributed by atoms with Crippen LogP contribution in [0.25, 0.3) is 11.2 Å². The molecule has 0 unspecified atom stereocenters. The van der Waals surface area contributed by atoms with Gasteiger partial charge in [0.2, 0.25) is 5.95 Å². The molecule has 0 aliphatic rings. The van der Waals surface area contributed by atoms with Crippen LogP contribution in [-0.4, -0.2) is 53.4 Å². The molecule has 0 atom stereocenters. The number of imidazole rings is 1. The molecule has 0 fully saturated rings. The SMILES string of the molecule is COCCOCCCCNc1nc(N)nc2nc[nH]c12. The fourth-order valence-electron chi connectivity index (χ4n) is 1.76. The van der Waals surface area contributed by atoms with Crippen LogP contribution in [0.5, 0.6) is 0 Å². The predicted molar refractivity (Wildman–Crippen MR) is 76.5 cm³/mol. The number of aromatic amines is 1. The molecular weight excluding hydrogens is 260 g/mol. The summed E-state index contributed by atoms with van der Waals surface area (Å²) in [6.07, 6.45) is 3.53. The third-order valence-electron chi connectivity index (χ3n) is 2.74. The van der Waals surface area contributed by atoms with Gasteiger partial charge in [-0.05, 0) is 12.8 Å².